The summed E-state index contributed by atoms with van der Waals surface area (Å²) in [4.78, 5) is 42.0. The molecular weight excluding hydrogens is 498 g/mol. The monoisotopic (exact) mass is 541 g/mol. The number of anilines is 1. The van der Waals surface area contributed by atoms with Crippen LogP contribution in [0.25, 0.3) is 0 Å². The Labute approximate surface area is 233 Å². The van der Waals surface area contributed by atoms with E-state index in [-0.39, 0.29) is 17.6 Å². The Morgan fingerprint density at radius 2 is 1.58 bits per heavy atom. The van der Waals surface area contributed by atoms with E-state index < -0.39 is 23.8 Å². The van der Waals surface area contributed by atoms with Gasteiger partial charge in [0.15, 0.2) is 0 Å². The molecule has 2 unspecified atom stereocenters. The first-order chi connectivity index (χ1) is 18.0. The van der Waals surface area contributed by atoms with Gasteiger partial charge >= 0.3 is 6.09 Å². The standard InChI is InChI=1S/C30H43N3O4S/c1-7-8-9-13-19-33(28(35)24(20-38)31-29(36)37-30(4,5)6)26(23-17-11-10-12-18-23)27(34)32-25-21(2)15-14-16-22(25)3/h10-12,14-18,24,26,38H,7-9,13,19-20H2,1-6H3,(H,31,36)(H,32,34). The number of alkyl carbamates (subject to hydrolysis) is 1. The van der Waals surface area contributed by atoms with Gasteiger partial charge in [-0.3, -0.25) is 9.59 Å². The lowest BCUT2D eigenvalue weighted by Gasteiger charge is -2.34. The predicted octanol–water partition coefficient (Wildman–Crippen LogP) is 6.22. The number of carbonyl (C=O) groups excluding carboxylic acids is 3. The molecule has 0 saturated carbocycles. The fourth-order valence-electron chi connectivity index (χ4n) is 4.22. The van der Waals surface area contributed by atoms with E-state index in [4.69, 9.17) is 4.74 Å². The molecule has 208 valence electrons. The van der Waals surface area contributed by atoms with E-state index in [2.05, 4.69) is 30.2 Å². The van der Waals surface area contributed by atoms with Crippen molar-refractivity contribution >= 4 is 36.2 Å². The van der Waals surface area contributed by atoms with Gasteiger partial charge in [-0.1, -0.05) is 74.7 Å². The van der Waals surface area contributed by atoms with Crippen LogP contribution in [0, 0.1) is 13.8 Å². The fraction of sp³-hybridized carbons (Fsp3) is 0.500. The molecule has 0 heterocycles. The summed E-state index contributed by atoms with van der Waals surface area (Å²) in [7, 11) is 0. The summed E-state index contributed by atoms with van der Waals surface area (Å²) in [5.41, 5.74) is 2.58. The summed E-state index contributed by atoms with van der Waals surface area (Å²) in [6.07, 6.45) is 3.02. The summed E-state index contributed by atoms with van der Waals surface area (Å²) < 4.78 is 5.38. The van der Waals surface area contributed by atoms with Crippen LogP contribution < -0.4 is 10.6 Å². The average molecular weight is 542 g/mol. The Bertz CT molecular complexity index is 1050. The van der Waals surface area contributed by atoms with Crippen molar-refractivity contribution in [3.63, 3.8) is 0 Å². The second-order valence-electron chi connectivity index (χ2n) is 10.5. The van der Waals surface area contributed by atoms with Gasteiger partial charge in [-0.2, -0.15) is 12.6 Å². The number of nitrogens with zero attached hydrogens (tertiary/aromatic N) is 1. The molecule has 0 aliphatic carbocycles. The van der Waals surface area contributed by atoms with Crippen LogP contribution in [-0.4, -0.2) is 46.7 Å². The lowest BCUT2D eigenvalue weighted by Crippen LogP contribution is -2.53. The molecule has 0 saturated heterocycles. The molecule has 38 heavy (non-hydrogen) atoms. The number of para-hydroxylation sites is 1. The smallest absolute Gasteiger partial charge is 0.408 e. The Morgan fingerprint density at radius 3 is 2.13 bits per heavy atom. The number of carbonyl (C=O) groups is 3. The third-order valence-electron chi connectivity index (χ3n) is 6.11. The molecule has 0 bridgehead atoms. The van der Waals surface area contributed by atoms with E-state index in [1.54, 1.807) is 25.7 Å². The van der Waals surface area contributed by atoms with E-state index >= 15 is 0 Å². The minimum absolute atomic E-state index is 0.0591. The molecule has 2 rings (SSSR count). The van der Waals surface area contributed by atoms with Crippen LogP contribution in [0.15, 0.2) is 48.5 Å². The van der Waals surface area contributed by atoms with E-state index in [0.717, 1.165) is 42.5 Å². The van der Waals surface area contributed by atoms with Crippen LogP contribution in [0.4, 0.5) is 10.5 Å². The van der Waals surface area contributed by atoms with Gasteiger partial charge in [-0.05, 0) is 57.7 Å². The zero-order valence-electron chi connectivity index (χ0n) is 23.5. The van der Waals surface area contributed by atoms with Crippen molar-refractivity contribution in [2.75, 3.05) is 17.6 Å². The number of thiol groups is 1. The van der Waals surface area contributed by atoms with Crippen molar-refractivity contribution in [2.45, 2.75) is 84.9 Å². The van der Waals surface area contributed by atoms with E-state index in [1.165, 1.54) is 0 Å². The highest BCUT2D eigenvalue weighted by atomic mass is 32.1. The van der Waals surface area contributed by atoms with Crippen molar-refractivity contribution in [1.82, 2.24) is 10.2 Å². The minimum Gasteiger partial charge on any atom is -0.444 e. The van der Waals surface area contributed by atoms with Crippen LogP contribution in [0.2, 0.25) is 0 Å². The first-order valence-corrected chi connectivity index (χ1v) is 13.9. The first kappa shape index (κ1) is 31.2. The van der Waals surface area contributed by atoms with Crippen LogP contribution in [-0.2, 0) is 14.3 Å². The van der Waals surface area contributed by atoms with Crippen molar-refractivity contribution < 1.29 is 19.1 Å². The Balaban J connectivity index is 2.47. The zero-order valence-corrected chi connectivity index (χ0v) is 24.4. The largest absolute Gasteiger partial charge is 0.444 e. The highest BCUT2D eigenvalue weighted by Crippen LogP contribution is 2.27. The SMILES string of the molecule is CCCCCCN(C(=O)C(CS)NC(=O)OC(C)(C)C)C(C(=O)Nc1c(C)cccc1C)c1ccccc1. The number of nitrogens with one attached hydrogen (secondary N) is 2. The molecule has 0 fully saturated rings. The second kappa shape index (κ2) is 14.8. The molecule has 2 N–H and O–H groups in total. The number of benzene rings is 2. The zero-order chi connectivity index (χ0) is 28.3. The van der Waals surface area contributed by atoms with Gasteiger partial charge in [-0.25, -0.2) is 4.79 Å². The average Bonchev–Trinajstić information content (AvgIpc) is 2.85. The lowest BCUT2D eigenvalue weighted by molar-refractivity contribution is -0.140. The van der Waals surface area contributed by atoms with E-state index in [0.29, 0.717) is 12.1 Å². The highest BCUT2D eigenvalue weighted by molar-refractivity contribution is 7.80. The molecular formula is C30H43N3O4S. The van der Waals surface area contributed by atoms with Gasteiger partial charge < -0.3 is 20.3 Å². The quantitative estimate of drug-likeness (QED) is 0.220. The van der Waals surface area contributed by atoms with Crippen molar-refractivity contribution in [1.29, 1.82) is 0 Å². The van der Waals surface area contributed by atoms with Gasteiger partial charge in [0.1, 0.15) is 17.7 Å². The van der Waals surface area contributed by atoms with Gasteiger partial charge in [0.2, 0.25) is 5.91 Å². The van der Waals surface area contributed by atoms with Crippen LogP contribution in [0.5, 0.6) is 0 Å². The maximum atomic E-state index is 14.0. The molecule has 8 heteroatoms. The third-order valence-corrected chi connectivity index (χ3v) is 6.48. The maximum Gasteiger partial charge on any atom is 0.408 e. The molecule has 7 nitrogen and oxygen atoms in total. The topological polar surface area (TPSA) is 87.7 Å². The number of amides is 3. The Morgan fingerprint density at radius 1 is 0.947 bits per heavy atom. The number of ether oxygens (including phenoxy) is 1. The first-order valence-electron chi connectivity index (χ1n) is 13.3. The third kappa shape index (κ3) is 9.39. The number of hydrogen-bond donors (Lipinski definition) is 3. The van der Waals surface area contributed by atoms with Crippen LogP contribution >= 0.6 is 12.6 Å². The second-order valence-corrected chi connectivity index (χ2v) is 10.9. The molecule has 0 aromatic heterocycles. The number of hydrogen-bond acceptors (Lipinski definition) is 5. The van der Waals surface area contributed by atoms with Crippen LogP contribution in [0.1, 0.15) is 76.1 Å². The van der Waals surface area contributed by atoms with Crippen molar-refractivity contribution in [2.24, 2.45) is 0 Å². The van der Waals surface area contributed by atoms with Gasteiger partial charge in [0, 0.05) is 18.0 Å². The number of rotatable bonds is 12. The summed E-state index contributed by atoms with van der Waals surface area (Å²) >= 11 is 4.36. The Hall–Kier alpha value is -3.00. The molecule has 3 amide bonds. The highest BCUT2D eigenvalue weighted by Gasteiger charge is 2.36. The lowest BCUT2D eigenvalue weighted by atomic mass is 10.0. The van der Waals surface area contributed by atoms with Crippen molar-refractivity contribution in [3.8, 4) is 0 Å². The van der Waals surface area contributed by atoms with Crippen molar-refractivity contribution in [3.05, 3.63) is 65.2 Å². The minimum atomic E-state index is -0.960. The van der Waals surface area contributed by atoms with Gasteiger partial charge in [0.25, 0.3) is 5.91 Å². The molecule has 0 radical (unpaired) electrons. The van der Waals surface area contributed by atoms with Crippen LogP contribution in [0.3, 0.4) is 0 Å². The molecule has 2 aromatic carbocycles. The molecule has 0 spiro atoms. The van der Waals surface area contributed by atoms with Gasteiger partial charge in [0.05, 0.1) is 0 Å². The Kier molecular flexibility index (Phi) is 12.2. The molecule has 2 aromatic rings. The molecule has 0 aliphatic heterocycles. The number of unbranched alkanes of at least 4 members (excludes halogenated alkanes) is 3. The summed E-state index contributed by atoms with van der Waals surface area (Å²) in [5.74, 6) is -0.635. The van der Waals surface area contributed by atoms with E-state index in [1.807, 2.05) is 62.4 Å². The van der Waals surface area contributed by atoms with Gasteiger partial charge in [-0.15, -0.1) is 0 Å². The maximum absolute atomic E-state index is 14.0. The fourth-order valence-corrected chi connectivity index (χ4v) is 4.47. The predicted molar refractivity (Wildman–Crippen MR) is 157 cm³/mol. The summed E-state index contributed by atoms with van der Waals surface area (Å²) in [6.45, 7) is 11.6. The number of aryl methyl sites for hydroxylation is 2. The summed E-state index contributed by atoms with van der Waals surface area (Å²) in [6, 6.07) is 13.2. The molecule has 0 aliphatic rings. The summed E-state index contributed by atoms with van der Waals surface area (Å²) in [5, 5.41) is 5.74. The normalized spacial score (nSPS) is 12.8. The molecule has 2 atom stereocenters. The van der Waals surface area contributed by atoms with E-state index in [9.17, 15) is 14.4 Å².